The molecular formula is C22H27N3O2. The van der Waals surface area contributed by atoms with Gasteiger partial charge in [0.05, 0.1) is 6.04 Å². The molecule has 0 saturated carbocycles. The van der Waals surface area contributed by atoms with Gasteiger partial charge in [0.15, 0.2) is 0 Å². The smallest absolute Gasteiger partial charge is 0.255 e. The molecule has 5 nitrogen and oxygen atoms in total. The quantitative estimate of drug-likeness (QED) is 0.842. The van der Waals surface area contributed by atoms with Crippen molar-refractivity contribution in [1.82, 2.24) is 4.90 Å². The molecule has 0 radical (unpaired) electrons. The lowest BCUT2D eigenvalue weighted by Crippen LogP contribution is -2.40. The van der Waals surface area contributed by atoms with Crippen molar-refractivity contribution in [3.8, 4) is 0 Å². The molecule has 2 aromatic rings. The Hall–Kier alpha value is -2.66. The third-order valence-corrected chi connectivity index (χ3v) is 5.13. The van der Waals surface area contributed by atoms with Crippen LogP contribution in [0, 0.1) is 13.8 Å². The first kappa shape index (κ1) is 19.1. The summed E-state index contributed by atoms with van der Waals surface area (Å²) in [6, 6.07) is 12.9. The van der Waals surface area contributed by atoms with Crippen molar-refractivity contribution in [3.63, 3.8) is 0 Å². The molecule has 0 unspecified atom stereocenters. The Morgan fingerprint density at radius 3 is 2.30 bits per heavy atom. The van der Waals surface area contributed by atoms with Crippen LogP contribution in [0.1, 0.15) is 41.3 Å². The van der Waals surface area contributed by atoms with E-state index < -0.39 is 0 Å². The number of benzene rings is 2. The summed E-state index contributed by atoms with van der Waals surface area (Å²) in [4.78, 5) is 27.2. The molecule has 0 aromatic heterocycles. The topological polar surface area (TPSA) is 61.4 Å². The lowest BCUT2D eigenvalue weighted by molar-refractivity contribution is -0.120. The second-order valence-corrected chi connectivity index (χ2v) is 7.26. The van der Waals surface area contributed by atoms with Crippen LogP contribution in [0.25, 0.3) is 0 Å². The minimum absolute atomic E-state index is 0.0171. The van der Waals surface area contributed by atoms with Crippen LogP contribution in [0.5, 0.6) is 0 Å². The number of rotatable bonds is 5. The predicted molar refractivity (Wildman–Crippen MR) is 109 cm³/mol. The van der Waals surface area contributed by atoms with Gasteiger partial charge in [-0.3, -0.25) is 14.5 Å². The molecule has 2 amide bonds. The van der Waals surface area contributed by atoms with E-state index in [1.165, 1.54) is 0 Å². The fourth-order valence-corrected chi connectivity index (χ4v) is 3.28. The van der Waals surface area contributed by atoms with E-state index in [9.17, 15) is 9.59 Å². The summed E-state index contributed by atoms with van der Waals surface area (Å²) < 4.78 is 0. The summed E-state index contributed by atoms with van der Waals surface area (Å²) in [7, 11) is 0. The number of amides is 2. The van der Waals surface area contributed by atoms with E-state index in [2.05, 4.69) is 15.5 Å². The summed E-state index contributed by atoms with van der Waals surface area (Å²) in [6.07, 6.45) is 2.30. The van der Waals surface area contributed by atoms with Gasteiger partial charge in [-0.15, -0.1) is 0 Å². The molecule has 1 saturated heterocycles. The van der Waals surface area contributed by atoms with Gasteiger partial charge in [-0.1, -0.05) is 23.8 Å². The number of hydrogen-bond donors (Lipinski definition) is 2. The summed E-state index contributed by atoms with van der Waals surface area (Å²) >= 11 is 0. The highest BCUT2D eigenvalue weighted by Crippen LogP contribution is 2.22. The molecule has 0 aliphatic carbocycles. The van der Waals surface area contributed by atoms with Crippen LogP contribution in [0.3, 0.4) is 0 Å². The lowest BCUT2D eigenvalue weighted by Gasteiger charge is -2.23. The zero-order chi connectivity index (χ0) is 19.4. The number of aryl methyl sites for hydroxylation is 2. The van der Waals surface area contributed by atoms with Gasteiger partial charge in [-0.2, -0.15) is 0 Å². The van der Waals surface area contributed by atoms with Gasteiger partial charge < -0.3 is 10.6 Å². The van der Waals surface area contributed by atoms with Crippen molar-refractivity contribution in [2.75, 3.05) is 23.7 Å². The molecule has 27 heavy (non-hydrogen) atoms. The summed E-state index contributed by atoms with van der Waals surface area (Å²) in [5.74, 6) is -0.177. The summed E-state index contributed by atoms with van der Waals surface area (Å²) in [6.45, 7) is 7.81. The van der Waals surface area contributed by atoms with Crippen molar-refractivity contribution in [3.05, 3.63) is 59.2 Å². The number of anilines is 2. The van der Waals surface area contributed by atoms with E-state index in [1.807, 2.05) is 63.2 Å². The Morgan fingerprint density at radius 1 is 0.963 bits per heavy atom. The molecule has 1 aliphatic rings. The number of nitrogens with one attached hydrogen (secondary N) is 2. The molecular weight excluding hydrogens is 338 g/mol. The molecule has 2 N–H and O–H groups in total. The molecule has 2 aromatic carbocycles. The Kier molecular flexibility index (Phi) is 5.91. The largest absolute Gasteiger partial charge is 0.325 e. The highest BCUT2D eigenvalue weighted by molar-refractivity contribution is 6.05. The van der Waals surface area contributed by atoms with E-state index >= 15 is 0 Å². The highest BCUT2D eigenvalue weighted by atomic mass is 16.2. The third-order valence-electron chi connectivity index (χ3n) is 5.13. The fourth-order valence-electron chi connectivity index (χ4n) is 3.28. The maximum absolute atomic E-state index is 12.5. The number of hydrogen-bond acceptors (Lipinski definition) is 3. The van der Waals surface area contributed by atoms with Crippen LogP contribution in [-0.2, 0) is 4.79 Å². The first-order valence-corrected chi connectivity index (χ1v) is 9.47. The van der Waals surface area contributed by atoms with Gasteiger partial charge in [0.1, 0.15) is 0 Å². The monoisotopic (exact) mass is 365 g/mol. The fraction of sp³-hybridized carbons (Fsp3) is 0.364. The second-order valence-electron chi connectivity index (χ2n) is 7.26. The summed E-state index contributed by atoms with van der Waals surface area (Å²) in [5.41, 5.74) is 4.06. The van der Waals surface area contributed by atoms with Crippen LogP contribution in [-0.4, -0.2) is 35.8 Å². The maximum atomic E-state index is 12.5. The molecule has 1 heterocycles. The minimum Gasteiger partial charge on any atom is -0.325 e. The van der Waals surface area contributed by atoms with Crippen molar-refractivity contribution in [2.45, 2.75) is 39.7 Å². The first-order chi connectivity index (χ1) is 12.9. The minimum atomic E-state index is -0.160. The number of likely N-dealkylation sites (tertiary alicyclic amines) is 1. The van der Waals surface area contributed by atoms with E-state index in [0.717, 1.165) is 37.1 Å². The number of nitrogens with zero attached hydrogens (tertiary/aromatic N) is 1. The van der Waals surface area contributed by atoms with E-state index in [1.54, 1.807) is 0 Å². The standard InChI is InChI=1S/C22H27N3O2/c1-15-6-9-18(10-7-15)22(27)24-20-14-19(11-8-16(20)2)23-21(26)17(3)25-12-4-5-13-25/h6-11,14,17H,4-5,12-13H2,1-3H3,(H,23,26)(H,24,27)/t17-/m1/s1. The zero-order valence-corrected chi connectivity index (χ0v) is 16.2. The van der Waals surface area contributed by atoms with Gasteiger partial charge in [-0.05, 0) is 76.5 Å². The predicted octanol–water partition coefficient (Wildman–Crippen LogP) is 3.98. The Bertz CT molecular complexity index is 824. The molecule has 1 fully saturated rings. The van der Waals surface area contributed by atoms with Crippen molar-refractivity contribution >= 4 is 23.2 Å². The van der Waals surface area contributed by atoms with Gasteiger partial charge in [-0.25, -0.2) is 0 Å². The van der Waals surface area contributed by atoms with Gasteiger partial charge >= 0.3 is 0 Å². The molecule has 142 valence electrons. The highest BCUT2D eigenvalue weighted by Gasteiger charge is 2.24. The molecule has 0 spiro atoms. The molecule has 0 bridgehead atoms. The SMILES string of the molecule is Cc1ccc(C(=O)Nc2cc(NC(=O)[C@@H](C)N3CCCC3)ccc2C)cc1. The van der Waals surface area contributed by atoms with E-state index in [4.69, 9.17) is 0 Å². The number of carbonyl (C=O) groups is 2. The van der Waals surface area contributed by atoms with Crippen LogP contribution in [0.15, 0.2) is 42.5 Å². The normalized spacial score (nSPS) is 15.4. The molecule has 5 heteroatoms. The molecule has 1 aliphatic heterocycles. The lowest BCUT2D eigenvalue weighted by atomic mass is 10.1. The average Bonchev–Trinajstić information content (AvgIpc) is 3.19. The Labute approximate surface area is 160 Å². The van der Waals surface area contributed by atoms with Crippen molar-refractivity contribution < 1.29 is 9.59 Å². The number of carbonyl (C=O) groups excluding carboxylic acids is 2. The van der Waals surface area contributed by atoms with Crippen LogP contribution < -0.4 is 10.6 Å². The maximum Gasteiger partial charge on any atom is 0.255 e. The zero-order valence-electron chi connectivity index (χ0n) is 16.2. The third kappa shape index (κ3) is 4.74. The van der Waals surface area contributed by atoms with E-state index in [0.29, 0.717) is 16.9 Å². The molecule has 3 rings (SSSR count). The molecule has 1 atom stereocenters. The Balaban J connectivity index is 1.69. The van der Waals surface area contributed by atoms with Crippen LogP contribution >= 0.6 is 0 Å². The van der Waals surface area contributed by atoms with Crippen LogP contribution in [0.4, 0.5) is 11.4 Å². The van der Waals surface area contributed by atoms with Gasteiger partial charge in [0.2, 0.25) is 5.91 Å². The summed E-state index contributed by atoms with van der Waals surface area (Å²) in [5, 5.41) is 5.92. The van der Waals surface area contributed by atoms with Crippen LogP contribution in [0.2, 0.25) is 0 Å². The van der Waals surface area contributed by atoms with E-state index in [-0.39, 0.29) is 17.9 Å². The average molecular weight is 365 g/mol. The second kappa shape index (κ2) is 8.35. The van der Waals surface area contributed by atoms with Gasteiger partial charge in [0, 0.05) is 16.9 Å². The van der Waals surface area contributed by atoms with Gasteiger partial charge in [0.25, 0.3) is 5.91 Å². The Morgan fingerprint density at radius 2 is 1.63 bits per heavy atom. The van der Waals surface area contributed by atoms with Crippen molar-refractivity contribution in [2.24, 2.45) is 0 Å². The first-order valence-electron chi connectivity index (χ1n) is 9.47. The van der Waals surface area contributed by atoms with Crippen molar-refractivity contribution in [1.29, 1.82) is 0 Å².